The summed E-state index contributed by atoms with van der Waals surface area (Å²) in [6, 6.07) is 68.4. The van der Waals surface area contributed by atoms with Gasteiger partial charge < -0.3 is 0 Å². The van der Waals surface area contributed by atoms with Crippen LogP contribution in [0.5, 0.6) is 0 Å². The third-order valence-corrected chi connectivity index (χ3v) is 15.7. The van der Waals surface area contributed by atoms with Crippen LogP contribution in [-0.4, -0.2) is 0 Å². The quantitative estimate of drug-likeness (QED) is 0.157. The third kappa shape index (κ3) is 4.65. The van der Waals surface area contributed by atoms with Gasteiger partial charge in [0.2, 0.25) is 0 Å². The van der Waals surface area contributed by atoms with E-state index in [0.717, 1.165) is 0 Å². The second-order valence-electron chi connectivity index (χ2n) is 16.7. The Morgan fingerprint density at radius 1 is 0.339 bits per heavy atom. The summed E-state index contributed by atoms with van der Waals surface area (Å²) in [6.07, 6.45) is 0. The number of benzene rings is 10. The fraction of sp³-hybridized carbons (Fsp3) is 0.0526. The summed E-state index contributed by atoms with van der Waals surface area (Å²) < 4.78 is 5.46. The highest BCUT2D eigenvalue weighted by Crippen LogP contribution is 2.53. The molecule has 2 heteroatoms. The van der Waals surface area contributed by atoms with Gasteiger partial charge in [0, 0.05) is 45.8 Å². The lowest BCUT2D eigenvalue weighted by Gasteiger charge is -2.23. The maximum absolute atomic E-state index is 2.50. The maximum Gasteiger partial charge on any atom is 0.0434 e. The van der Waals surface area contributed by atoms with Gasteiger partial charge in [-0.15, -0.1) is 22.7 Å². The minimum atomic E-state index is -0.145. The highest BCUT2D eigenvalue weighted by molar-refractivity contribution is 7.28. The van der Waals surface area contributed by atoms with Crippen LogP contribution < -0.4 is 0 Å². The van der Waals surface area contributed by atoms with Gasteiger partial charge in [0.25, 0.3) is 0 Å². The SMILES string of the molecule is CC1(C)c2ccc(-c3cccc4c3sc3ccc5sc6c7ccccc7ccc6c5c34)cc2-c2ccc(-c3c4ccccc4c(-c4ccccc4)c4ccccc34)cc21. The monoisotopic (exact) mass is 784 g/mol. The lowest BCUT2D eigenvalue weighted by molar-refractivity contribution is 0.660. The van der Waals surface area contributed by atoms with Gasteiger partial charge in [-0.05, 0) is 112 Å². The van der Waals surface area contributed by atoms with Gasteiger partial charge in [-0.25, -0.2) is 0 Å². The Hall–Kier alpha value is -6.58. The Morgan fingerprint density at radius 3 is 1.63 bits per heavy atom. The lowest BCUT2D eigenvalue weighted by atomic mass is 9.80. The largest absolute Gasteiger partial charge is 0.135 e. The smallest absolute Gasteiger partial charge is 0.0434 e. The Kier molecular flexibility index (Phi) is 6.92. The van der Waals surface area contributed by atoms with Crippen LogP contribution >= 0.6 is 22.7 Å². The van der Waals surface area contributed by atoms with E-state index in [-0.39, 0.29) is 5.41 Å². The van der Waals surface area contributed by atoms with E-state index in [2.05, 4.69) is 196 Å². The Balaban J connectivity index is 0.979. The molecule has 0 nitrogen and oxygen atoms in total. The highest BCUT2D eigenvalue weighted by atomic mass is 32.1. The zero-order chi connectivity index (χ0) is 39.0. The first-order valence-corrected chi connectivity index (χ1v) is 22.1. The first kappa shape index (κ1) is 33.4. The van der Waals surface area contributed by atoms with E-state index in [1.54, 1.807) is 0 Å². The second-order valence-corrected chi connectivity index (χ2v) is 18.8. The molecular weight excluding hydrogens is 749 g/mol. The van der Waals surface area contributed by atoms with Crippen molar-refractivity contribution >= 4 is 95.3 Å². The van der Waals surface area contributed by atoms with E-state index >= 15 is 0 Å². The molecule has 10 aromatic carbocycles. The average Bonchev–Trinajstić information content (AvgIpc) is 3.93. The van der Waals surface area contributed by atoms with Crippen LogP contribution in [-0.2, 0) is 5.41 Å². The number of hydrogen-bond acceptors (Lipinski definition) is 2. The molecule has 13 rings (SSSR count). The molecule has 0 N–H and O–H groups in total. The number of hydrogen-bond donors (Lipinski definition) is 0. The van der Waals surface area contributed by atoms with Crippen molar-refractivity contribution in [2.75, 3.05) is 0 Å². The lowest BCUT2D eigenvalue weighted by Crippen LogP contribution is -2.15. The third-order valence-electron chi connectivity index (χ3n) is 13.3. The van der Waals surface area contributed by atoms with Crippen molar-refractivity contribution in [2.24, 2.45) is 0 Å². The Morgan fingerprint density at radius 2 is 0.915 bits per heavy atom. The first-order valence-electron chi connectivity index (χ1n) is 20.5. The summed E-state index contributed by atoms with van der Waals surface area (Å²) in [5, 5.41) is 13.3. The van der Waals surface area contributed by atoms with Crippen LogP contribution in [0.2, 0.25) is 0 Å². The molecule has 0 saturated carbocycles. The van der Waals surface area contributed by atoms with Gasteiger partial charge in [-0.2, -0.15) is 0 Å². The molecule has 0 unspecified atom stereocenters. The zero-order valence-electron chi connectivity index (χ0n) is 32.6. The molecule has 1 aliphatic rings. The standard InChI is InChI=1S/C57H36S2/c1-57(2)47-28-25-35(38-21-12-22-44-53-49(59-56(38)44)29-30-50-54(53)45-27-23-33-13-6-7-16-37(33)55(45)58-50)31-46(47)39-26-24-36(32-48(39)57)52-42-19-10-8-17-40(42)51(34-14-4-3-5-15-34)41-18-9-11-20-43(41)52/h3-32H,1-2H3. The molecule has 276 valence electrons. The highest BCUT2D eigenvalue weighted by Gasteiger charge is 2.36. The predicted molar refractivity (Wildman–Crippen MR) is 259 cm³/mol. The van der Waals surface area contributed by atoms with Crippen LogP contribution in [0.1, 0.15) is 25.0 Å². The predicted octanol–water partition coefficient (Wildman–Crippen LogP) is 17.2. The maximum atomic E-state index is 2.50. The van der Waals surface area contributed by atoms with E-state index in [1.165, 1.54) is 128 Å². The van der Waals surface area contributed by atoms with Crippen molar-refractivity contribution in [3.63, 3.8) is 0 Å². The summed E-state index contributed by atoms with van der Waals surface area (Å²) in [7, 11) is 0. The van der Waals surface area contributed by atoms with Gasteiger partial charge in [-0.3, -0.25) is 0 Å². The summed E-state index contributed by atoms with van der Waals surface area (Å²) >= 11 is 3.87. The van der Waals surface area contributed by atoms with Gasteiger partial charge in [0.15, 0.2) is 0 Å². The van der Waals surface area contributed by atoms with Gasteiger partial charge in [-0.1, -0.05) is 172 Å². The summed E-state index contributed by atoms with van der Waals surface area (Å²) in [6.45, 7) is 4.81. The van der Waals surface area contributed by atoms with E-state index in [0.29, 0.717) is 0 Å². The van der Waals surface area contributed by atoms with E-state index in [1.807, 2.05) is 22.7 Å². The minimum Gasteiger partial charge on any atom is -0.135 e. The molecule has 0 saturated heterocycles. The molecule has 12 aromatic rings. The van der Waals surface area contributed by atoms with Gasteiger partial charge >= 0.3 is 0 Å². The molecule has 0 radical (unpaired) electrons. The Bertz CT molecular complexity index is 3690. The molecule has 0 amide bonds. The first-order chi connectivity index (χ1) is 29.0. The fourth-order valence-electron chi connectivity index (χ4n) is 10.5. The number of rotatable bonds is 3. The molecule has 0 atom stereocenters. The van der Waals surface area contributed by atoms with Crippen LogP contribution in [0.3, 0.4) is 0 Å². The van der Waals surface area contributed by atoms with Crippen molar-refractivity contribution in [1.82, 2.24) is 0 Å². The summed E-state index contributed by atoms with van der Waals surface area (Å²) in [5.41, 5.74) is 13.0. The van der Waals surface area contributed by atoms with Gasteiger partial charge in [0.05, 0.1) is 0 Å². The molecule has 59 heavy (non-hydrogen) atoms. The van der Waals surface area contributed by atoms with Crippen LogP contribution in [0.15, 0.2) is 182 Å². The molecule has 0 spiro atoms. The minimum absolute atomic E-state index is 0.145. The normalized spacial score (nSPS) is 13.4. The van der Waals surface area contributed by atoms with Gasteiger partial charge in [0.1, 0.15) is 0 Å². The van der Waals surface area contributed by atoms with E-state index < -0.39 is 0 Å². The molecule has 0 fully saturated rings. The van der Waals surface area contributed by atoms with E-state index in [9.17, 15) is 0 Å². The van der Waals surface area contributed by atoms with Crippen molar-refractivity contribution < 1.29 is 0 Å². The van der Waals surface area contributed by atoms with E-state index in [4.69, 9.17) is 0 Å². The summed E-state index contributed by atoms with van der Waals surface area (Å²) in [4.78, 5) is 0. The number of thiophene rings is 2. The van der Waals surface area contributed by atoms with Crippen LogP contribution in [0.25, 0.3) is 117 Å². The molecule has 2 heterocycles. The van der Waals surface area contributed by atoms with Crippen LogP contribution in [0.4, 0.5) is 0 Å². The second kappa shape index (κ2) is 12.2. The zero-order valence-corrected chi connectivity index (χ0v) is 34.3. The average molecular weight is 785 g/mol. The molecule has 2 aromatic heterocycles. The number of fused-ring (bicyclic) bond motifs is 14. The molecule has 0 aliphatic heterocycles. The molecule has 1 aliphatic carbocycles. The van der Waals surface area contributed by atoms with Crippen molar-refractivity contribution in [2.45, 2.75) is 19.3 Å². The van der Waals surface area contributed by atoms with Crippen molar-refractivity contribution in [3.05, 3.63) is 193 Å². The molecule has 0 bridgehead atoms. The Labute approximate surface area is 350 Å². The topological polar surface area (TPSA) is 0 Å². The molecular formula is C57H36S2. The fourth-order valence-corrected chi connectivity index (χ4v) is 13.0. The van der Waals surface area contributed by atoms with Crippen LogP contribution in [0, 0.1) is 0 Å². The van der Waals surface area contributed by atoms with Crippen molar-refractivity contribution in [3.8, 4) is 44.5 Å². The van der Waals surface area contributed by atoms with Crippen molar-refractivity contribution in [1.29, 1.82) is 0 Å². The summed E-state index contributed by atoms with van der Waals surface area (Å²) in [5.74, 6) is 0.